The lowest BCUT2D eigenvalue weighted by Gasteiger charge is -2.17. The van der Waals surface area contributed by atoms with Crippen LogP contribution in [-0.2, 0) is 4.79 Å². The number of carbonyl (C=O) groups excluding carboxylic acids is 1. The van der Waals surface area contributed by atoms with Crippen molar-refractivity contribution in [2.75, 3.05) is 32.6 Å². The van der Waals surface area contributed by atoms with Crippen LogP contribution in [0.1, 0.15) is 6.92 Å². The first-order valence-electron chi connectivity index (χ1n) is 6.31. The molecule has 0 aliphatic rings. The van der Waals surface area contributed by atoms with E-state index in [0.29, 0.717) is 6.54 Å². The van der Waals surface area contributed by atoms with E-state index in [1.54, 1.807) is 4.90 Å². The van der Waals surface area contributed by atoms with Crippen LogP contribution in [0.5, 0.6) is 5.75 Å². The molecule has 8 nitrogen and oxygen atoms in total. The molecule has 1 amide bonds. The van der Waals surface area contributed by atoms with Crippen LogP contribution >= 0.6 is 0 Å². The molecular weight excluding hydrogens is 278 g/mol. The van der Waals surface area contributed by atoms with Crippen LogP contribution in [0, 0.1) is 10.1 Å². The Hall–Kier alpha value is -2.19. The molecule has 0 radical (unpaired) electrons. The lowest BCUT2D eigenvalue weighted by Crippen LogP contribution is -2.30. The minimum absolute atomic E-state index is 0.0164. The van der Waals surface area contributed by atoms with Crippen molar-refractivity contribution in [3.63, 3.8) is 0 Å². The number of nitro benzene ring substituents is 1. The predicted octanol–water partition coefficient (Wildman–Crippen LogP) is 0.854. The quantitative estimate of drug-likeness (QED) is 0.571. The molecule has 0 spiro atoms. The van der Waals surface area contributed by atoms with E-state index in [9.17, 15) is 20.0 Å². The average Bonchev–Trinajstić information content (AvgIpc) is 2.35. The largest absolute Gasteiger partial charge is 0.489 e. The second-order valence-corrected chi connectivity index (χ2v) is 4.85. The average molecular weight is 297 g/mol. The molecule has 1 aromatic carbocycles. The number of carbonyl (C=O) groups is 1. The number of non-ortho nitro benzene ring substituents is 1. The van der Waals surface area contributed by atoms with Gasteiger partial charge in [0, 0.05) is 25.6 Å². The molecule has 1 rings (SSSR count). The third kappa shape index (κ3) is 5.76. The number of anilines is 1. The smallest absolute Gasteiger partial charge is 0.271 e. The SMILES string of the molecule is CC(=O)Nc1cc([N+](=O)[O-])ccc1OCC(O)CN(C)C. The molecule has 1 unspecified atom stereocenters. The number of aliphatic hydroxyl groups excluding tert-OH is 1. The van der Waals surface area contributed by atoms with Crippen LogP contribution in [-0.4, -0.2) is 54.2 Å². The van der Waals surface area contributed by atoms with Gasteiger partial charge in [0.1, 0.15) is 18.5 Å². The fraction of sp³-hybridized carbons (Fsp3) is 0.462. The highest BCUT2D eigenvalue weighted by Crippen LogP contribution is 2.29. The minimum Gasteiger partial charge on any atom is -0.489 e. The zero-order valence-corrected chi connectivity index (χ0v) is 12.2. The molecular formula is C13H19N3O5. The van der Waals surface area contributed by atoms with E-state index in [0.717, 1.165) is 0 Å². The Labute approximate surface area is 122 Å². The molecule has 0 aliphatic heterocycles. The summed E-state index contributed by atoms with van der Waals surface area (Å²) in [6, 6.07) is 3.89. The number of nitro groups is 1. The molecule has 21 heavy (non-hydrogen) atoms. The number of ether oxygens (including phenoxy) is 1. The number of amides is 1. The van der Waals surface area contributed by atoms with E-state index in [4.69, 9.17) is 4.74 Å². The summed E-state index contributed by atoms with van der Waals surface area (Å²) in [6.45, 7) is 1.73. The second-order valence-electron chi connectivity index (χ2n) is 4.85. The maximum Gasteiger partial charge on any atom is 0.271 e. The molecule has 0 bridgehead atoms. The molecule has 0 saturated carbocycles. The Balaban J connectivity index is 2.84. The van der Waals surface area contributed by atoms with E-state index in [-0.39, 0.29) is 29.6 Å². The predicted molar refractivity (Wildman–Crippen MR) is 77.5 cm³/mol. The number of aliphatic hydroxyl groups is 1. The molecule has 0 heterocycles. The minimum atomic E-state index is -0.708. The van der Waals surface area contributed by atoms with E-state index in [1.807, 2.05) is 14.1 Å². The first-order chi connectivity index (χ1) is 9.79. The number of nitrogens with zero attached hydrogens (tertiary/aromatic N) is 2. The van der Waals surface area contributed by atoms with Crippen LogP contribution in [0.3, 0.4) is 0 Å². The molecule has 0 aromatic heterocycles. The zero-order chi connectivity index (χ0) is 16.0. The lowest BCUT2D eigenvalue weighted by atomic mass is 10.2. The number of rotatable bonds is 7. The molecule has 0 aliphatic carbocycles. The summed E-state index contributed by atoms with van der Waals surface area (Å²) in [6.07, 6.45) is -0.708. The first kappa shape index (κ1) is 16.9. The summed E-state index contributed by atoms with van der Waals surface area (Å²) >= 11 is 0. The lowest BCUT2D eigenvalue weighted by molar-refractivity contribution is -0.384. The van der Waals surface area contributed by atoms with Crippen LogP contribution in [0.15, 0.2) is 18.2 Å². The highest BCUT2D eigenvalue weighted by molar-refractivity contribution is 5.90. The topological polar surface area (TPSA) is 105 Å². The van der Waals surface area contributed by atoms with Gasteiger partial charge in [0.25, 0.3) is 5.69 Å². The molecule has 2 N–H and O–H groups in total. The molecule has 8 heteroatoms. The third-order valence-electron chi connectivity index (χ3n) is 2.49. The Morgan fingerprint density at radius 3 is 2.71 bits per heavy atom. The normalized spacial score (nSPS) is 12.0. The Kier molecular flexibility index (Phi) is 6.07. The third-order valence-corrected chi connectivity index (χ3v) is 2.49. The van der Waals surface area contributed by atoms with Crippen LogP contribution in [0.25, 0.3) is 0 Å². The number of nitrogens with one attached hydrogen (secondary N) is 1. The van der Waals surface area contributed by atoms with Gasteiger partial charge in [0.15, 0.2) is 0 Å². The van der Waals surface area contributed by atoms with E-state index < -0.39 is 11.0 Å². The van der Waals surface area contributed by atoms with Crippen molar-refractivity contribution in [2.45, 2.75) is 13.0 Å². The Morgan fingerprint density at radius 2 is 2.19 bits per heavy atom. The molecule has 0 fully saturated rings. The number of hydrogen-bond donors (Lipinski definition) is 2. The van der Waals surface area contributed by atoms with E-state index >= 15 is 0 Å². The molecule has 0 saturated heterocycles. The molecule has 1 atom stereocenters. The second kappa shape index (κ2) is 7.55. The van der Waals surface area contributed by atoms with Gasteiger partial charge in [-0.3, -0.25) is 14.9 Å². The van der Waals surface area contributed by atoms with Crippen molar-refractivity contribution in [1.29, 1.82) is 0 Å². The summed E-state index contributed by atoms with van der Waals surface area (Å²) in [5, 5.41) is 23.0. The highest BCUT2D eigenvalue weighted by atomic mass is 16.6. The van der Waals surface area contributed by atoms with Gasteiger partial charge in [0.2, 0.25) is 5.91 Å². The fourth-order valence-electron chi connectivity index (χ4n) is 1.70. The monoisotopic (exact) mass is 297 g/mol. The number of benzene rings is 1. The van der Waals surface area contributed by atoms with Gasteiger partial charge in [0.05, 0.1) is 10.6 Å². The molecule has 1 aromatic rings. The maximum absolute atomic E-state index is 11.1. The van der Waals surface area contributed by atoms with E-state index in [1.165, 1.54) is 25.1 Å². The van der Waals surface area contributed by atoms with Gasteiger partial charge >= 0.3 is 0 Å². The van der Waals surface area contributed by atoms with Crippen molar-refractivity contribution in [3.05, 3.63) is 28.3 Å². The summed E-state index contributed by atoms with van der Waals surface area (Å²) in [5.41, 5.74) is 0.0497. The number of likely N-dealkylation sites (N-methyl/N-ethyl adjacent to an activating group) is 1. The standard InChI is InChI=1S/C13H19N3O5/c1-9(17)14-12-6-10(16(19)20)4-5-13(12)21-8-11(18)7-15(2)3/h4-6,11,18H,7-8H2,1-3H3,(H,14,17). The van der Waals surface area contributed by atoms with Crippen molar-refractivity contribution >= 4 is 17.3 Å². The maximum atomic E-state index is 11.1. The van der Waals surface area contributed by atoms with Crippen molar-refractivity contribution in [3.8, 4) is 5.75 Å². The highest BCUT2D eigenvalue weighted by Gasteiger charge is 2.14. The van der Waals surface area contributed by atoms with E-state index in [2.05, 4.69) is 5.32 Å². The van der Waals surface area contributed by atoms with Gasteiger partial charge in [-0.25, -0.2) is 0 Å². The van der Waals surface area contributed by atoms with Gasteiger partial charge in [-0.05, 0) is 20.2 Å². The van der Waals surface area contributed by atoms with Crippen LogP contribution in [0.4, 0.5) is 11.4 Å². The Morgan fingerprint density at radius 1 is 1.52 bits per heavy atom. The molecule has 116 valence electrons. The summed E-state index contributed by atoms with van der Waals surface area (Å²) in [4.78, 5) is 23.1. The van der Waals surface area contributed by atoms with Crippen LogP contribution in [0.2, 0.25) is 0 Å². The summed E-state index contributed by atoms with van der Waals surface area (Å²) in [5.74, 6) is -0.0946. The summed E-state index contributed by atoms with van der Waals surface area (Å²) in [7, 11) is 3.63. The van der Waals surface area contributed by atoms with Crippen LogP contribution < -0.4 is 10.1 Å². The van der Waals surface area contributed by atoms with Gasteiger partial charge < -0.3 is 20.1 Å². The van der Waals surface area contributed by atoms with Gasteiger partial charge in [-0.2, -0.15) is 0 Å². The number of hydrogen-bond acceptors (Lipinski definition) is 6. The van der Waals surface area contributed by atoms with Gasteiger partial charge in [-0.15, -0.1) is 0 Å². The summed E-state index contributed by atoms with van der Waals surface area (Å²) < 4.78 is 5.42. The van der Waals surface area contributed by atoms with Gasteiger partial charge in [-0.1, -0.05) is 0 Å². The van der Waals surface area contributed by atoms with Crippen molar-refractivity contribution in [1.82, 2.24) is 4.90 Å². The van der Waals surface area contributed by atoms with Crippen molar-refractivity contribution in [2.24, 2.45) is 0 Å². The first-order valence-corrected chi connectivity index (χ1v) is 6.31. The zero-order valence-electron chi connectivity index (χ0n) is 12.2. The fourth-order valence-corrected chi connectivity index (χ4v) is 1.70. The van der Waals surface area contributed by atoms with Crippen molar-refractivity contribution < 1.29 is 19.6 Å². The Bertz CT molecular complexity index is 519.